The molecular formula is C15H28N6O11. The quantitative estimate of drug-likeness (QED) is 0.0606. The Bertz CT molecular complexity index is 588. The van der Waals surface area contributed by atoms with Crippen LogP contribution in [0, 0.1) is 0 Å². The molecule has 0 saturated heterocycles. The van der Waals surface area contributed by atoms with Crippen molar-refractivity contribution in [2.45, 2.75) is 0 Å². The lowest BCUT2D eigenvalue weighted by Gasteiger charge is -2.27. The number of hydrazine groups is 1. The Morgan fingerprint density at radius 2 is 0.719 bits per heavy atom. The summed E-state index contributed by atoms with van der Waals surface area (Å²) in [7, 11) is 0. The highest BCUT2D eigenvalue weighted by Crippen LogP contribution is 1.97. The molecular weight excluding hydrogens is 440 g/mol. The summed E-state index contributed by atoms with van der Waals surface area (Å²) in [6.07, 6.45) is 0. The third-order valence-corrected chi connectivity index (χ3v) is 3.40. The molecule has 0 aromatic rings. The first-order valence-corrected chi connectivity index (χ1v) is 8.78. The Kier molecular flexibility index (Phi) is 16.4. The van der Waals surface area contributed by atoms with Gasteiger partial charge in [-0.1, -0.05) is 0 Å². The Hall–Kier alpha value is -3.54. The zero-order valence-corrected chi connectivity index (χ0v) is 17.0. The summed E-state index contributed by atoms with van der Waals surface area (Å²) in [5.74, 6) is -1.71. The fourth-order valence-corrected chi connectivity index (χ4v) is 2.22. The summed E-state index contributed by atoms with van der Waals surface area (Å²) in [6.45, 7) is -2.74. The first kappa shape index (κ1) is 30.7. The van der Waals surface area contributed by atoms with E-state index in [1.54, 1.807) is 5.43 Å². The van der Waals surface area contributed by atoms with Crippen molar-refractivity contribution in [2.75, 3.05) is 58.9 Å². The van der Waals surface area contributed by atoms with Gasteiger partial charge < -0.3 is 31.3 Å². The molecule has 0 aliphatic heterocycles. The van der Waals surface area contributed by atoms with E-state index in [0.29, 0.717) is 0 Å². The molecule has 184 valence electrons. The molecule has 32 heavy (non-hydrogen) atoms. The summed E-state index contributed by atoms with van der Waals surface area (Å²) in [5.41, 5.74) is 6.08. The first-order chi connectivity index (χ1) is 14.8. The second-order valence-corrected chi connectivity index (χ2v) is 6.17. The Morgan fingerprint density at radius 3 is 0.906 bits per heavy atom. The number of carboxylic acids is 5. The molecule has 0 atom stereocenters. The normalized spacial score (nSPS) is 10.4. The molecule has 0 rings (SSSR count). The summed E-state index contributed by atoms with van der Waals surface area (Å²) in [4.78, 5) is 67.0. The van der Waals surface area contributed by atoms with Crippen LogP contribution in [-0.2, 0) is 24.0 Å². The number of carbonyl (C=O) groups excluding carboxylic acids is 1. The summed E-state index contributed by atoms with van der Waals surface area (Å²) >= 11 is 0. The number of hydrogen-bond donors (Lipinski definition) is 8. The molecule has 0 bridgehead atoms. The molecule has 0 aliphatic rings. The molecule has 0 radical (unpaired) electrons. The van der Waals surface area contributed by atoms with Crippen molar-refractivity contribution in [3.8, 4) is 0 Å². The van der Waals surface area contributed by atoms with E-state index < -0.39 is 68.6 Å². The topological polar surface area (TPSA) is 277 Å². The number of nitrogens with two attached hydrogens (primary N) is 2. The SMILES string of the molecule is NNC(N)=O.O=C(O)CN(CCN(CC(=O)O)CC(=O)O)CCN(CC(=O)O)CC(=O)O. The van der Waals surface area contributed by atoms with Crippen molar-refractivity contribution in [2.24, 2.45) is 11.6 Å². The average molecular weight is 468 g/mol. The van der Waals surface area contributed by atoms with E-state index in [1.165, 1.54) is 4.90 Å². The minimum Gasteiger partial charge on any atom is -0.480 e. The minimum atomic E-state index is -1.24. The molecule has 0 aromatic heterocycles. The molecule has 0 aromatic carbocycles. The van der Waals surface area contributed by atoms with Crippen LogP contribution in [0.2, 0.25) is 0 Å². The van der Waals surface area contributed by atoms with E-state index in [0.717, 1.165) is 9.80 Å². The second-order valence-electron chi connectivity index (χ2n) is 6.17. The van der Waals surface area contributed by atoms with E-state index in [-0.39, 0.29) is 26.2 Å². The predicted molar refractivity (Wildman–Crippen MR) is 104 cm³/mol. The lowest BCUT2D eigenvalue weighted by atomic mass is 10.3. The Labute approximate surface area is 181 Å². The van der Waals surface area contributed by atoms with Gasteiger partial charge in [0.05, 0.1) is 32.7 Å². The van der Waals surface area contributed by atoms with Crippen LogP contribution < -0.4 is 17.0 Å². The molecule has 17 heteroatoms. The molecule has 0 heterocycles. The van der Waals surface area contributed by atoms with Crippen LogP contribution in [0.4, 0.5) is 4.79 Å². The maximum Gasteiger partial charge on any atom is 0.326 e. The van der Waals surface area contributed by atoms with Gasteiger partial charge in [-0.25, -0.2) is 10.6 Å². The van der Waals surface area contributed by atoms with Gasteiger partial charge in [0.15, 0.2) is 0 Å². The van der Waals surface area contributed by atoms with Crippen LogP contribution in [0.5, 0.6) is 0 Å². The Balaban J connectivity index is 0. The van der Waals surface area contributed by atoms with Gasteiger partial charge in [0.1, 0.15) is 0 Å². The largest absolute Gasteiger partial charge is 0.480 e. The second kappa shape index (κ2) is 17.2. The number of amides is 2. The number of nitrogens with one attached hydrogen (secondary N) is 1. The fourth-order valence-electron chi connectivity index (χ4n) is 2.22. The third-order valence-electron chi connectivity index (χ3n) is 3.40. The van der Waals surface area contributed by atoms with Gasteiger partial charge >= 0.3 is 35.9 Å². The molecule has 17 nitrogen and oxygen atoms in total. The summed E-state index contributed by atoms with van der Waals surface area (Å²) in [6, 6.07) is -0.718. The van der Waals surface area contributed by atoms with E-state index >= 15 is 0 Å². The highest BCUT2D eigenvalue weighted by Gasteiger charge is 2.19. The van der Waals surface area contributed by atoms with Gasteiger partial charge in [-0.15, -0.1) is 0 Å². The molecule has 0 spiro atoms. The number of primary amides is 1. The van der Waals surface area contributed by atoms with Gasteiger partial charge in [-0.2, -0.15) is 0 Å². The van der Waals surface area contributed by atoms with Crippen LogP contribution in [0.25, 0.3) is 0 Å². The van der Waals surface area contributed by atoms with Crippen molar-refractivity contribution < 1.29 is 54.3 Å². The molecule has 0 fully saturated rings. The zero-order valence-electron chi connectivity index (χ0n) is 17.0. The van der Waals surface area contributed by atoms with Crippen molar-refractivity contribution >= 4 is 35.9 Å². The van der Waals surface area contributed by atoms with Crippen LogP contribution >= 0.6 is 0 Å². The standard InChI is InChI=1S/C14H23N3O10.CH5N3O/c18-10(19)5-15(1-3-16(6-11(20)21)7-12(22)23)2-4-17(8-13(24)25)9-14(26)27;2-1(5)4-3/h1-9H2,(H,18,19)(H,20,21)(H,22,23)(H,24,25)(H,26,27);3H2,(H3,2,4,5). The highest BCUT2D eigenvalue weighted by atomic mass is 16.4. The average Bonchev–Trinajstić information content (AvgIpc) is 2.61. The van der Waals surface area contributed by atoms with Crippen LogP contribution in [0.15, 0.2) is 0 Å². The van der Waals surface area contributed by atoms with E-state index in [9.17, 15) is 28.8 Å². The van der Waals surface area contributed by atoms with E-state index in [1.807, 2.05) is 0 Å². The van der Waals surface area contributed by atoms with Crippen LogP contribution in [0.1, 0.15) is 0 Å². The molecule has 10 N–H and O–H groups in total. The molecule has 0 unspecified atom stereocenters. The highest BCUT2D eigenvalue weighted by molar-refractivity contribution is 5.73. The third kappa shape index (κ3) is 21.2. The van der Waals surface area contributed by atoms with Crippen molar-refractivity contribution in [1.29, 1.82) is 0 Å². The van der Waals surface area contributed by atoms with E-state index in [4.69, 9.17) is 25.5 Å². The molecule has 0 saturated carbocycles. The number of nitrogens with zero attached hydrogens (tertiary/aromatic N) is 3. The van der Waals surface area contributed by atoms with Gasteiger partial charge in [0.25, 0.3) is 0 Å². The number of aliphatic carboxylic acids is 5. The number of urea groups is 1. The molecule has 0 aliphatic carbocycles. The van der Waals surface area contributed by atoms with Gasteiger partial charge in [-0.3, -0.25) is 44.1 Å². The van der Waals surface area contributed by atoms with Crippen LogP contribution in [0.3, 0.4) is 0 Å². The Morgan fingerprint density at radius 1 is 0.531 bits per heavy atom. The molecule has 2 amide bonds. The van der Waals surface area contributed by atoms with Gasteiger partial charge in [0.2, 0.25) is 0 Å². The van der Waals surface area contributed by atoms with Gasteiger partial charge in [-0.05, 0) is 0 Å². The number of carboxylic acid groups (broad SMARTS) is 5. The number of hydrogen-bond acceptors (Lipinski definition) is 10. The first-order valence-electron chi connectivity index (χ1n) is 8.78. The van der Waals surface area contributed by atoms with Crippen molar-refractivity contribution in [3.05, 3.63) is 0 Å². The van der Waals surface area contributed by atoms with Crippen LogP contribution in [-0.4, -0.2) is 135 Å². The lowest BCUT2D eigenvalue weighted by molar-refractivity contribution is -0.143. The maximum atomic E-state index is 11.0. The predicted octanol–water partition coefficient (Wildman–Crippen LogP) is -4.16. The van der Waals surface area contributed by atoms with E-state index in [2.05, 4.69) is 11.6 Å². The van der Waals surface area contributed by atoms with Crippen molar-refractivity contribution in [3.63, 3.8) is 0 Å². The summed E-state index contributed by atoms with van der Waals surface area (Å²) in [5, 5.41) is 44.1. The minimum absolute atomic E-state index is 0.000836. The fraction of sp³-hybridized carbons (Fsp3) is 0.600. The monoisotopic (exact) mass is 468 g/mol. The number of carbonyl (C=O) groups is 6. The zero-order chi connectivity index (χ0) is 25.3. The van der Waals surface area contributed by atoms with Gasteiger partial charge in [0, 0.05) is 26.2 Å². The smallest absolute Gasteiger partial charge is 0.326 e. The lowest BCUT2D eigenvalue weighted by Crippen LogP contribution is -2.45. The van der Waals surface area contributed by atoms with Crippen molar-refractivity contribution in [1.82, 2.24) is 20.1 Å². The number of rotatable bonds is 16. The maximum absolute atomic E-state index is 11.0. The summed E-state index contributed by atoms with van der Waals surface area (Å²) < 4.78 is 0.